The van der Waals surface area contributed by atoms with Gasteiger partial charge in [0.25, 0.3) is 0 Å². The van der Waals surface area contributed by atoms with Gasteiger partial charge < -0.3 is 5.11 Å². The van der Waals surface area contributed by atoms with Gasteiger partial charge in [0.05, 0.1) is 0 Å². The fraction of sp³-hybridized carbons (Fsp3) is 0.333. The number of hydrogen-bond acceptors (Lipinski definition) is 1. The maximum atomic E-state index is 13.3. The van der Waals surface area contributed by atoms with E-state index in [2.05, 4.69) is 110 Å². The van der Waals surface area contributed by atoms with Crippen LogP contribution in [-0.2, 0) is 21.8 Å². The van der Waals surface area contributed by atoms with Crippen LogP contribution in [0.2, 0.25) is 5.02 Å². The molecule has 0 atom stereocenters. The van der Waals surface area contributed by atoms with Crippen LogP contribution in [0.3, 0.4) is 0 Å². The molecule has 0 aliphatic heterocycles. The Morgan fingerprint density at radius 2 is 1.11 bits per heavy atom. The third kappa shape index (κ3) is 4.21. The summed E-state index contributed by atoms with van der Waals surface area (Å²) in [5.41, 5.74) is 7.78. The van der Waals surface area contributed by atoms with E-state index in [1.165, 1.54) is 11.1 Å². The van der Waals surface area contributed by atoms with Crippen molar-refractivity contribution in [2.75, 3.05) is 0 Å². The molecule has 0 aromatic heterocycles. The van der Waals surface area contributed by atoms with Crippen molar-refractivity contribution in [2.45, 2.75) is 77.2 Å². The highest BCUT2D eigenvalue weighted by Crippen LogP contribution is 2.54. The van der Waals surface area contributed by atoms with Crippen LogP contribution in [0, 0.1) is 0 Å². The first-order valence-electron chi connectivity index (χ1n) is 13.5. The van der Waals surface area contributed by atoms with Crippen LogP contribution in [0.1, 0.15) is 94.3 Å². The molecule has 4 aromatic rings. The molecular weight excluding hydrogens is 484 g/mol. The molecule has 0 heterocycles. The van der Waals surface area contributed by atoms with Crippen LogP contribution >= 0.6 is 11.6 Å². The molecule has 0 radical (unpaired) electrons. The summed E-state index contributed by atoms with van der Waals surface area (Å²) >= 11 is 6.45. The van der Waals surface area contributed by atoms with E-state index in [-0.39, 0.29) is 16.2 Å². The Balaban J connectivity index is 1.93. The van der Waals surface area contributed by atoms with Gasteiger partial charge in [-0.15, -0.1) is 0 Å². The molecule has 4 aromatic carbocycles. The molecule has 2 heteroatoms. The van der Waals surface area contributed by atoms with Crippen LogP contribution in [-0.4, -0.2) is 5.11 Å². The standard InChI is InChI=1S/C36H39ClO/c1-33(2,3)24-16-18-29-31(21-24)36(38,28-15-10-9-14-27(28)23-12-11-13-26(37)20-23)32-22-25(34(4,5)6)17-19-30(32)35(29,7)8/h9-22,38H,1-8H3. The highest BCUT2D eigenvalue weighted by molar-refractivity contribution is 6.30. The molecule has 5 rings (SSSR count). The van der Waals surface area contributed by atoms with Crippen molar-refractivity contribution >= 4 is 11.6 Å². The van der Waals surface area contributed by atoms with Crippen LogP contribution in [0.4, 0.5) is 0 Å². The lowest BCUT2D eigenvalue weighted by Crippen LogP contribution is -2.42. The molecule has 0 fully saturated rings. The predicted molar refractivity (Wildman–Crippen MR) is 161 cm³/mol. The van der Waals surface area contributed by atoms with Crippen molar-refractivity contribution in [1.82, 2.24) is 0 Å². The van der Waals surface area contributed by atoms with Gasteiger partial charge in [-0.05, 0) is 67.5 Å². The average molecular weight is 523 g/mol. The van der Waals surface area contributed by atoms with E-state index < -0.39 is 5.60 Å². The summed E-state index contributed by atoms with van der Waals surface area (Å²) in [5, 5.41) is 14.0. The van der Waals surface area contributed by atoms with E-state index in [0.717, 1.165) is 38.9 Å². The average Bonchev–Trinajstić information content (AvgIpc) is 2.86. The van der Waals surface area contributed by atoms with Crippen LogP contribution < -0.4 is 0 Å². The third-order valence-corrected chi connectivity index (χ3v) is 8.59. The Morgan fingerprint density at radius 1 is 0.579 bits per heavy atom. The quantitative estimate of drug-likeness (QED) is 0.278. The molecule has 38 heavy (non-hydrogen) atoms. The summed E-state index contributed by atoms with van der Waals surface area (Å²) in [5.74, 6) is 0. The molecule has 0 amide bonds. The SMILES string of the molecule is CC(C)(C)c1ccc2c(c1)C(O)(c1ccccc1-c1cccc(Cl)c1)c1cc(C(C)(C)C)ccc1C2(C)C. The summed E-state index contributed by atoms with van der Waals surface area (Å²) in [6.45, 7) is 17.9. The van der Waals surface area contributed by atoms with Gasteiger partial charge in [0, 0.05) is 16.0 Å². The summed E-state index contributed by atoms with van der Waals surface area (Å²) in [4.78, 5) is 0. The number of halogens is 1. The second kappa shape index (κ2) is 8.83. The lowest BCUT2D eigenvalue weighted by molar-refractivity contribution is 0.117. The highest BCUT2D eigenvalue weighted by Gasteiger charge is 2.48. The number of aliphatic hydroxyl groups is 1. The lowest BCUT2D eigenvalue weighted by Gasteiger charge is -2.46. The monoisotopic (exact) mass is 522 g/mol. The summed E-state index contributed by atoms with van der Waals surface area (Å²) < 4.78 is 0. The largest absolute Gasteiger partial charge is 0.376 e. The first kappa shape index (κ1) is 26.7. The lowest BCUT2D eigenvalue weighted by atomic mass is 9.60. The molecule has 1 N–H and O–H groups in total. The number of fused-ring (bicyclic) bond motifs is 2. The van der Waals surface area contributed by atoms with Gasteiger partial charge in [-0.25, -0.2) is 0 Å². The molecule has 0 bridgehead atoms. The van der Waals surface area contributed by atoms with E-state index in [4.69, 9.17) is 11.6 Å². The molecule has 1 aliphatic carbocycles. The molecule has 196 valence electrons. The normalized spacial score (nSPS) is 16.1. The number of rotatable bonds is 2. The minimum absolute atomic E-state index is 0.0555. The maximum Gasteiger partial charge on any atom is 0.141 e. The molecular formula is C36H39ClO. The van der Waals surface area contributed by atoms with Gasteiger partial charge in [-0.2, -0.15) is 0 Å². The van der Waals surface area contributed by atoms with E-state index in [1.807, 2.05) is 30.3 Å². The van der Waals surface area contributed by atoms with Crippen molar-refractivity contribution in [1.29, 1.82) is 0 Å². The van der Waals surface area contributed by atoms with Gasteiger partial charge in [0.1, 0.15) is 5.60 Å². The molecule has 0 unspecified atom stereocenters. The van der Waals surface area contributed by atoms with Gasteiger partial charge in [-0.1, -0.05) is 140 Å². The van der Waals surface area contributed by atoms with E-state index >= 15 is 0 Å². The fourth-order valence-electron chi connectivity index (χ4n) is 6.00. The van der Waals surface area contributed by atoms with Crippen molar-refractivity contribution in [3.8, 4) is 11.1 Å². The van der Waals surface area contributed by atoms with Crippen LogP contribution in [0.15, 0.2) is 84.9 Å². The van der Waals surface area contributed by atoms with Crippen molar-refractivity contribution in [2.24, 2.45) is 0 Å². The Labute approximate surface area is 233 Å². The minimum atomic E-state index is -1.35. The van der Waals surface area contributed by atoms with Crippen molar-refractivity contribution in [3.05, 3.63) is 129 Å². The first-order chi connectivity index (χ1) is 17.6. The third-order valence-electron chi connectivity index (χ3n) is 8.35. The topological polar surface area (TPSA) is 20.2 Å². The van der Waals surface area contributed by atoms with E-state index in [0.29, 0.717) is 5.02 Å². The van der Waals surface area contributed by atoms with Crippen molar-refractivity contribution in [3.63, 3.8) is 0 Å². The Morgan fingerprint density at radius 3 is 1.61 bits per heavy atom. The minimum Gasteiger partial charge on any atom is -0.376 e. The second-order valence-corrected chi connectivity index (χ2v) is 13.8. The molecule has 1 nitrogen and oxygen atoms in total. The van der Waals surface area contributed by atoms with E-state index in [1.54, 1.807) is 0 Å². The Bertz CT molecular complexity index is 1460. The zero-order chi connectivity index (χ0) is 27.7. The zero-order valence-corrected chi connectivity index (χ0v) is 24.7. The zero-order valence-electron chi connectivity index (χ0n) is 23.9. The number of hydrogen-bond donors (Lipinski definition) is 1. The predicted octanol–water partition coefficient (Wildman–Crippen LogP) is 9.53. The van der Waals surface area contributed by atoms with Crippen LogP contribution in [0.5, 0.6) is 0 Å². The second-order valence-electron chi connectivity index (χ2n) is 13.4. The first-order valence-corrected chi connectivity index (χ1v) is 13.9. The molecule has 0 saturated carbocycles. The van der Waals surface area contributed by atoms with Gasteiger partial charge in [0.15, 0.2) is 0 Å². The van der Waals surface area contributed by atoms with Gasteiger partial charge >= 0.3 is 0 Å². The number of benzene rings is 4. The Kier molecular flexibility index (Phi) is 6.21. The summed E-state index contributed by atoms with van der Waals surface area (Å²) in [6.07, 6.45) is 0. The summed E-state index contributed by atoms with van der Waals surface area (Å²) in [6, 6.07) is 29.6. The Hall–Kier alpha value is -2.87. The smallest absolute Gasteiger partial charge is 0.141 e. The van der Waals surface area contributed by atoms with Crippen LogP contribution in [0.25, 0.3) is 11.1 Å². The highest BCUT2D eigenvalue weighted by atomic mass is 35.5. The maximum absolute atomic E-state index is 13.3. The van der Waals surface area contributed by atoms with Crippen molar-refractivity contribution < 1.29 is 5.11 Å². The molecule has 0 saturated heterocycles. The van der Waals surface area contributed by atoms with E-state index in [9.17, 15) is 5.11 Å². The van der Waals surface area contributed by atoms with Gasteiger partial charge in [-0.3, -0.25) is 0 Å². The molecule has 0 spiro atoms. The summed E-state index contributed by atoms with van der Waals surface area (Å²) in [7, 11) is 0. The van der Waals surface area contributed by atoms with Gasteiger partial charge in [0.2, 0.25) is 0 Å². The molecule has 1 aliphatic rings. The fourth-order valence-corrected chi connectivity index (χ4v) is 6.19.